The Kier molecular flexibility index (Phi) is 6.60. The summed E-state index contributed by atoms with van der Waals surface area (Å²) in [6.07, 6.45) is 3.19. The zero-order valence-corrected chi connectivity index (χ0v) is 14.7. The maximum atomic E-state index is 12.5. The normalized spacial score (nSPS) is 21.1. The third-order valence-electron chi connectivity index (χ3n) is 5.17. The predicted octanol–water partition coefficient (Wildman–Crippen LogP) is 2.52. The summed E-state index contributed by atoms with van der Waals surface area (Å²) in [5, 5.41) is 3.14. The van der Waals surface area contributed by atoms with Crippen LogP contribution in [0.5, 0.6) is 0 Å². The van der Waals surface area contributed by atoms with Crippen LogP contribution in [0.4, 0.5) is 0 Å². The molecule has 1 saturated carbocycles. The highest BCUT2D eigenvalue weighted by Gasteiger charge is 2.31. The van der Waals surface area contributed by atoms with Crippen LogP contribution in [0.25, 0.3) is 0 Å². The first-order chi connectivity index (χ1) is 11.0. The molecule has 0 heterocycles. The number of benzene rings is 1. The lowest BCUT2D eigenvalue weighted by Crippen LogP contribution is -2.35. The first-order valence-electron chi connectivity index (χ1n) is 8.77. The Balaban J connectivity index is 1.96. The Morgan fingerprint density at radius 3 is 2.65 bits per heavy atom. The van der Waals surface area contributed by atoms with E-state index in [1.54, 1.807) is 0 Å². The molecule has 2 rings (SSSR count). The molecular formula is C19H31N3O. The lowest BCUT2D eigenvalue weighted by molar-refractivity contribution is -0.126. The fraction of sp³-hybridized carbons (Fsp3) is 0.632. The maximum Gasteiger partial charge on any atom is 0.223 e. The van der Waals surface area contributed by atoms with Gasteiger partial charge in [0.1, 0.15) is 0 Å². The van der Waals surface area contributed by atoms with E-state index >= 15 is 0 Å². The Morgan fingerprint density at radius 2 is 2.00 bits per heavy atom. The zero-order valence-electron chi connectivity index (χ0n) is 14.7. The van der Waals surface area contributed by atoms with E-state index in [0.29, 0.717) is 25.0 Å². The smallest absolute Gasteiger partial charge is 0.223 e. The molecule has 2 atom stereocenters. The zero-order chi connectivity index (χ0) is 16.8. The highest BCUT2D eigenvalue weighted by molar-refractivity contribution is 5.79. The van der Waals surface area contributed by atoms with Gasteiger partial charge in [0.05, 0.1) is 0 Å². The average Bonchev–Trinajstić information content (AvgIpc) is 3.02. The predicted molar refractivity (Wildman–Crippen MR) is 94.8 cm³/mol. The van der Waals surface area contributed by atoms with Gasteiger partial charge in [-0.25, -0.2) is 0 Å². The monoisotopic (exact) mass is 317 g/mol. The first kappa shape index (κ1) is 18.0. The molecule has 4 heteroatoms. The lowest BCUT2D eigenvalue weighted by atomic mass is 9.95. The standard InChI is InChI=1S/C19H31N3O/c1-14(2)22(3)13-17-8-5-4-7-16(17)12-21-19(23)18-10-6-9-15(18)11-20/h4-5,7-8,14-15,18H,6,9-13,20H2,1-3H3,(H,21,23)/t15-,18-/m1/s1. The van der Waals surface area contributed by atoms with Crippen molar-refractivity contribution in [2.75, 3.05) is 13.6 Å². The summed E-state index contributed by atoms with van der Waals surface area (Å²) < 4.78 is 0. The van der Waals surface area contributed by atoms with Crippen molar-refractivity contribution in [3.05, 3.63) is 35.4 Å². The molecule has 0 saturated heterocycles. The summed E-state index contributed by atoms with van der Waals surface area (Å²) in [6.45, 7) is 6.51. The van der Waals surface area contributed by atoms with E-state index in [9.17, 15) is 4.79 Å². The van der Waals surface area contributed by atoms with Crippen LogP contribution in [-0.2, 0) is 17.9 Å². The van der Waals surface area contributed by atoms with Crippen molar-refractivity contribution in [2.45, 2.75) is 52.2 Å². The van der Waals surface area contributed by atoms with Crippen LogP contribution in [-0.4, -0.2) is 30.4 Å². The molecule has 0 aromatic heterocycles. The molecule has 0 spiro atoms. The van der Waals surface area contributed by atoms with Crippen molar-refractivity contribution in [1.82, 2.24) is 10.2 Å². The van der Waals surface area contributed by atoms with Crippen LogP contribution in [0.15, 0.2) is 24.3 Å². The Labute approximate surface area is 140 Å². The quantitative estimate of drug-likeness (QED) is 0.812. The van der Waals surface area contributed by atoms with Gasteiger partial charge in [-0.15, -0.1) is 0 Å². The van der Waals surface area contributed by atoms with Crippen molar-refractivity contribution in [1.29, 1.82) is 0 Å². The Bertz CT molecular complexity index is 515. The maximum absolute atomic E-state index is 12.5. The molecule has 4 nitrogen and oxygen atoms in total. The van der Waals surface area contributed by atoms with Crippen LogP contribution >= 0.6 is 0 Å². The Hall–Kier alpha value is -1.39. The van der Waals surface area contributed by atoms with Crippen molar-refractivity contribution in [3.63, 3.8) is 0 Å². The van der Waals surface area contributed by atoms with E-state index < -0.39 is 0 Å². The van der Waals surface area contributed by atoms with Crippen LogP contribution in [0.1, 0.15) is 44.2 Å². The molecule has 128 valence electrons. The van der Waals surface area contributed by atoms with E-state index in [1.807, 2.05) is 6.07 Å². The van der Waals surface area contributed by atoms with Gasteiger partial charge in [-0.05, 0) is 57.3 Å². The van der Waals surface area contributed by atoms with E-state index in [1.165, 1.54) is 11.1 Å². The molecule has 1 aliphatic carbocycles. The minimum absolute atomic E-state index is 0.102. The summed E-state index contributed by atoms with van der Waals surface area (Å²) >= 11 is 0. The highest BCUT2D eigenvalue weighted by Crippen LogP contribution is 2.31. The van der Waals surface area contributed by atoms with Gasteiger partial charge in [0.25, 0.3) is 0 Å². The Morgan fingerprint density at radius 1 is 1.30 bits per heavy atom. The summed E-state index contributed by atoms with van der Waals surface area (Å²) in [6, 6.07) is 8.87. The van der Waals surface area contributed by atoms with Gasteiger partial charge < -0.3 is 11.1 Å². The molecule has 1 aromatic carbocycles. The van der Waals surface area contributed by atoms with E-state index in [2.05, 4.69) is 49.3 Å². The van der Waals surface area contributed by atoms with E-state index in [0.717, 1.165) is 25.8 Å². The lowest BCUT2D eigenvalue weighted by Gasteiger charge is -2.23. The summed E-state index contributed by atoms with van der Waals surface area (Å²) in [5.74, 6) is 0.632. The molecular weight excluding hydrogens is 286 g/mol. The van der Waals surface area contributed by atoms with Gasteiger partial charge in [-0.3, -0.25) is 9.69 Å². The summed E-state index contributed by atoms with van der Waals surface area (Å²) in [7, 11) is 2.13. The molecule has 23 heavy (non-hydrogen) atoms. The molecule has 1 aromatic rings. The molecule has 0 aliphatic heterocycles. The first-order valence-corrected chi connectivity index (χ1v) is 8.77. The topological polar surface area (TPSA) is 58.4 Å². The van der Waals surface area contributed by atoms with Crippen molar-refractivity contribution >= 4 is 5.91 Å². The summed E-state index contributed by atoms with van der Waals surface area (Å²) in [5.41, 5.74) is 8.28. The molecule has 1 aliphatic rings. The SMILES string of the molecule is CC(C)N(C)Cc1ccccc1CNC(=O)[C@@H]1CCC[C@@H]1CN. The largest absolute Gasteiger partial charge is 0.352 e. The van der Waals surface area contributed by atoms with Crippen molar-refractivity contribution in [3.8, 4) is 0 Å². The molecule has 1 fully saturated rings. The van der Waals surface area contributed by atoms with Gasteiger partial charge in [0, 0.05) is 25.0 Å². The number of carbonyl (C=O) groups excluding carboxylic acids is 1. The van der Waals surface area contributed by atoms with Crippen LogP contribution in [0.3, 0.4) is 0 Å². The fourth-order valence-corrected chi connectivity index (χ4v) is 3.31. The van der Waals surface area contributed by atoms with Crippen LogP contribution < -0.4 is 11.1 Å². The second kappa shape index (κ2) is 8.46. The molecule has 0 radical (unpaired) electrons. The minimum Gasteiger partial charge on any atom is -0.352 e. The number of nitrogens with one attached hydrogen (secondary N) is 1. The third-order valence-corrected chi connectivity index (χ3v) is 5.17. The van der Waals surface area contributed by atoms with Gasteiger partial charge in [-0.1, -0.05) is 30.7 Å². The van der Waals surface area contributed by atoms with E-state index in [4.69, 9.17) is 5.73 Å². The molecule has 3 N–H and O–H groups in total. The molecule has 0 unspecified atom stereocenters. The number of rotatable bonds is 7. The number of nitrogens with zero attached hydrogens (tertiary/aromatic N) is 1. The number of hydrogen-bond acceptors (Lipinski definition) is 3. The highest BCUT2D eigenvalue weighted by atomic mass is 16.1. The summed E-state index contributed by atoms with van der Waals surface area (Å²) in [4.78, 5) is 14.8. The van der Waals surface area contributed by atoms with Crippen molar-refractivity contribution in [2.24, 2.45) is 17.6 Å². The van der Waals surface area contributed by atoms with E-state index in [-0.39, 0.29) is 11.8 Å². The molecule has 0 bridgehead atoms. The average molecular weight is 317 g/mol. The fourth-order valence-electron chi connectivity index (χ4n) is 3.31. The number of nitrogens with two attached hydrogens (primary N) is 1. The second-order valence-corrected chi connectivity index (χ2v) is 7.03. The van der Waals surface area contributed by atoms with Gasteiger partial charge >= 0.3 is 0 Å². The van der Waals surface area contributed by atoms with Crippen LogP contribution in [0, 0.1) is 11.8 Å². The molecule has 1 amide bonds. The van der Waals surface area contributed by atoms with Gasteiger partial charge in [0.15, 0.2) is 0 Å². The van der Waals surface area contributed by atoms with Gasteiger partial charge in [-0.2, -0.15) is 0 Å². The number of carbonyl (C=O) groups is 1. The minimum atomic E-state index is 0.102. The second-order valence-electron chi connectivity index (χ2n) is 7.03. The van der Waals surface area contributed by atoms with Crippen molar-refractivity contribution < 1.29 is 4.79 Å². The van der Waals surface area contributed by atoms with Crippen LogP contribution in [0.2, 0.25) is 0 Å². The number of hydrogen-bond donors (Lipinski definition) is 2. The van der Waals surface area contributed by atoms with Gasteiger partial charge in [0.2, 0.25) is 5.91 Å². The third kappa shape index (κ3) is 4.79. The number of amides is 1.